The van der Waals surface area contributed by atoms with Gasteiger partial charge in [-0.2, -0.15) is 0 Å². The highest BCUT2D eigenvalue weighted by Crippen LogP contribution is 2.24. The Balaban J connectivity index is 2.65. The van der Waals surface area contributed by atoms with Crippen LogP contribution in [0, 0.1) is 0 Å². The van der Waals surface area contributed by atoms with E-state index in [-0.39, 0.29) is 18.0 Å². The van der Waals surface area contributed by atoms with Crippen LogP contribution in [0.3, 0.4) is 0 Å². The summed E-state index contributed by atoms with van der Waals surface area (Å²) in [4.78, 5) is 14.4. The molecule has 0 spiro atoms. The van der Waals surface area contributed by atoms with Crippen LogP contribution in [0.5, 0.6) is 5.75 Å². The van der Waals surface area contributed by atoms with Crippen LogP contribution >= 0.6 is 0 Å². The molecule has 0 aliphatic heterocycles. The van der Waals surface area contributed by atoms with E-state index in [2.05, 4.69) is 17.1 Å². The lowest BCUT2D eigenvalue weighted by atomic mass is 10.1. The summed E-state index contributed by atoms with van der Waals surface area (Å²) >= 11 is 0. The van der Waals surface area contributed by atoms with Gasteiger partial charge in [0.1, 0.15) is 5.75 Å². The number of nitrogens with one attached hydrogen (secondary N) is 1. The molecule has 1 rings (SSSR count). The number of hydrogen-bond donors (Lipinski definition) is 1. The average Bonchev–Trinajstić information content (AvgIpc) is 2.51. The second kappa shape index (κ2) is 8.67. The van der Waals surface area contributed by atoms with Crippen LogP contribution in [0.2, 0.25) is 0 Å². The molecular formula is C17H28N2O2. The van der Waals surface area contributed by atoms with Crippen molar-refractivity contribution in [1.82, 2.24) is 10.2 Å². The van der Waals surface area contributed by atoms with Gasteiger partial charge in [-0.3, -0.25) is 9.69 Å². The van der Waals surface area contributed by atoms with Gasteiger partial charge >= 0.3 is 0 Å². The number of likely N-dealkylation sites (N-methyl/N-ethyl adjacent to an activating group) is 1. The topological polar surface area (TPSA) is 41.6 Å². The Hall–Kier alpha value is -1.55. The fourth-order valence-corrected chi connectivity index (χ4v) is 2.24. The van der Waals surface area contributed by atoms with Gasteiger partial charge in [-0.15, -0.1) is 0 Å². The van der Waals surface area contributed by atoms with Crippen LogP contribution in [0.1, 0.15) is 45.2 Å². The number of ether oxygens (including phenoxy) is 1. The standard InChI is InChI=1S/C17H28N2O2/c1-6-7-12-19(4)14(3)17(20)18-13(2)15-10-8-9-11-16(15)21-5/h8-11,13-14H,6-7,12H2,1-5H3,(H,18,20). The van der Waals surface area contributed by atoms with Gasteiger partial charge in [0.2, 0.25) is 5.91 Å². The highest BCUT2D eigenvalue weighted by molar-refractivity contribution is 5.81. The minimum Gasteiger partial charge on any atom is -0.496 e. The molecule has 0 heterocycles. The fourth-order valence-electron chi connectivity index (χ4n) is 2.24. The number of rotatable bonds is 8. The number of benzene rings is 1. The van der Waals surface area contributed by atoms with Crippen molar-refractivity contribution in [1.29, 1.82) is 0 Å². The van der Waals surface area contributed by atoms with Crippen molar-refractivity contribution in [2.24, 2.45) is 0 Å². The van der Waals surface area contributed by atoms with Gasteiger partial charge in [-0.1, -0.05) is 31.5 Å². The Kier molecular flexibility index (Phi) is 7.23. The highest BCUT2D eigenvalue weighted by Gasteiger charge is 2.20. The van der Waals surface area contributed by atoms with Gasteiger partial charge in [-0.25, -0.2) is 0 Å². The van der Waals surface area contributed by atoms with Crippen molar-refractivity contribution in [2.45, 2.75) is 45.7 Å². The summed E-state index contributed by atoms with van der Waals surface area (Å²) in [6.45, 7) is 7.02. The molecule has 1 aromatic carbocycles. The van der Waals surface area contributed by atoms with Crippen molar-refractivity contribution in [3.05, 3.63) is 29.8 Å². The Morgan fingerprint density at radius 1 is 1.33 bits per heavy atom. The number of unbranched alkanes of at least 4 members (excludes halogenated alkanes) is 1. The first-order valence-electron chi connectivity index (χ1n) is 7.64. The zero-order valence-corrected chi connectivity index (χ0v) is 13.8. The molecule has 0 aliphatic rings. The summed E-state index contributed by atoms with van der Waals surface area (Å²) in [5.74, 6) is 0.851. The molecule has 0 aromatic heterocycles. The Morgan fingerprint density at radius 2 is 2.00 bits per heavy atom. The molecule has 0 fully saturated rings. The van der Waals surface area contributed by atoms with E-state index in [0.29, 0.717) is 0 Å². The molecule has 0 saturated carbocycles. The van der Waals surface area contributed by atoms with Crippen LogP contribution in [0.15, 0.2) is 24.3 Å². The molecular weight excluding hydrogens is 264 g/mol. The van der Waals surface area contributed by atoms with Crippen LogP contribution in [-0.4, -0.2) is 37.6 Å². The van der Waals surface area contributed by atoms with E-state index < -0.39 is 0 Å². The van der Waals surface area contributed by atoms with Crippen LogP contribution in [0.25, 0.3) is 0 Å². The minimum absolute atomic E-state index is 0.0482. The second-order valence-electron chi connectivity index (χ2n) is 5.48. The van der Waals surface area contributed by atoms with E-state index in [1.54, 1.807) is 7.11 Å². The van der Waals surface area contributed by atoms with Crippen LogP contribution < -0.4 is 10.1 Å². The number of methoxy groups -OCH3 is 1. The maximum absolute atomic E-state index is 12.3. The Morgan fingerprint density at radius 3 is 2.62 bits per heavy atom. The molecule has 1 amide bonds. The molecule has 0 saturated heterocycles. The summed E-state index contributed by atoms with van der Waals surface area (Å²) in [7, 11) is 3.64. The average molecular weight is 292 g/mol. The third kappa shape index (κ3) is 5.05. The van der Waals surface area contributed by atoms with Gasteiger partial charge < -0.3 is 10.1 Å². The first-order chi connectivity index (χ1) is 10.0. The van der Waals surface area contributed by atoms with Gasteiger partial charge in [0.05, 0.1) is 19.2 Å². The van der Waals surface area contributed by atoms with Gasteiger partial charge in [0.15, 0.2) is 0 Å². The van der Waals surface area contributed by atoms with Crippen LogP contribution in [0.4, 0.5) is 0 Å². The number of hydrogen-bond acceptors (Lipinski definition) is 3. The molecule has 0 bridgehead atoms. The van der Waals surface area contributed by atoms with Crippen molar-refractivity contribution >= 4 is 5.91 Å². The SMILES string of the molecule is CCCCN(C)C(C)C(=O)NC(C)c1ccccc1OC. The molecule has 4 nitrogen and oxygen atoms in total. The molecule has 1 aromatic rings. The minimum atomic E-state index is -0.131. The molecule has 1 N–H and O–H groups in total. The van der Waals surface area contributed by atoms with E-state index in [1.807, 2.05) is 45.2 Å². The monoisotopic (exact) mass is 292 g/mol. The summed E-state index contributed by atoms with van der Waals surface area (Å²) in [5.41, 5.74) is 0.997. The molecule has 4 heteroatoms. The Labute approximate surface area is 128 Å². The summed E-state index contributed by atoms with van der Waals surface area (Å²) in [6, 6.07) is 7.57. The molecule has 2 unspecified atom stereocenters. The highest BCUT2D eigenvalue weighted by atomic mass is 16.5. The number of amides is 1. The maximum Gasteiger partial charge on any atom is 0.237 e. The zero-order valence-electron chi connectivity index (χ0n) is 13.8. The van der Waals surface area contributed by atoms with Crippen LogP contribution in [-0.2, 0) is 4.79 Å². The number of para-hydroxylation sites is 1. The molecule has 0 aliphatic carbocycles. The lowest BCUT2D eigenvalue weighted by Gasteiger charge is -2.26. The van der Waals surface area contributed by atoms with Crippen molar-refractivity contribution in [3.8, 4) is 5.75 Å². The number of carbonyl (C=O) groups excluding carboxylic acids is 1. The van der Waals surface area contributed by atoms with Gasteiger partial charge in [0.25, 0.3) is 0 Å². The first kappa shape index (κ1) is 17.5. The van der Waals surface area contributed by atoms with Crippen molar-refractivity contribution < 1.29 is 9.53 Å². The lowest BCUT2D eigenvalue weighted by molar-refractivity contribution is -0.126. The molecule has 2 atom stereocenters. The Bertz CT molecular complexity index is 448. The summed E-state index contributed by atoms with van der Waals surface area (Å²) in [6.07, 6.45) is 2.24. The number of nitrogens with zero attached hydrogens (tertiary/aromatic N) is 1. The third-order valence-corrected chi connectivity index (χ3v) is 3.87. The number of carbonyl (C=O) groups is 1. The van der Waals surface area contributed by atoms with E-state index in [1.165, 1.54) is 0 Å². The predicted molar refractivity (Wildman–Crippen MR) is 86.6 cm³/mol. The van der Waals surface area contributed by atoms with Crippen molar-refractivity contribution in [2.75, 3.05) is 20.7 Å². The fraction of sp³-hybridized carbons (Fsp3) is 0.588. The van der Waals surface area contributed by atoms with E-state index in [9.17, 15) is 4.79 Å². The molecule has 21 heavy (non-hydrogen) atoms. The third-order valence-electron chi connectivity index (χ3n) is 3.87. The summed E-state index contributed by atoms with van der Waals surface area (Å²) in [5, 5.41) is 3.07. The van der Waals surface area contributed by atoms with Crippen molar-refractivity contribution in [3.63, 3.8) is 0 Å². The molecule has 0 radical (unpaired) electrons. The maximum atomic E-state index is 12.3. The van der Waals surface area contributed by atoms with Gasteiger partial charge in [0, 0.05) is 5.56 Å². The lowest BCUT2D eigenvalue weighted by Crippen LogP contribution is -2.44. The van der Waals surface area contributed by atoms with Gasteiger partial charge in [-0.05, 0) is 39.9 Å². The quantitative estimate of drug-likeness (QED) is 0.801. The predicted octanol–water partition coefficient (Wildman–Crippen LogP) is 2.99. The smallest absolute Gasteiger partial charge is 0.237 e. The largest absolute Gasteiger partial charge is 0.496 e. The normalized spacial score (nSPS) is 13.8. The second-order valence-corrected chi connectivity index (χ2v) is 5.48. The zero-order chi connectivity index (χ0) is 15.8. The summed E-state index contributed by atoms with van der Waals surface area (Å²) < 4.78 is 5.35. The van der Waals surface area contributed by atoms with E-state index in [0.717, 1.165) is 30.7 Å². The van der Waals surface area contributed by atoms with E-state index >= 15 is 0 Å². The first-order valence-corrected chi connectivity index (χ1v) is 7.64. The molecule has 118 valence electrons. The van der Waals surface area contributed by atoms with E-state index in [4.69, 9.17) is 4.74 Å².